The van der Waals surface area contributed by atoms with E-state index in [1.807, 2.05) is 7.05 Å². The maximum absolute atomic E-state index is 12.1. The molecule has 0 bridgehead atoms. The molecule has 2 aliphatic heterocycles. The van der Waals surface area contributed by atoms with Crippen LogP contribution in [-0.4, -0.2) is 63.5 Å². The summed E-state index contributed by atoms with van der Waals surface area (Å²) in [4.78, 5) is 33.4. The van der Waals surface area contributed by atoms with E-state index in [0.717, 1.165) is 62.5 Å². The second-order valence-corrected chi connectivity index (χ2v) is 8.74. The van der Waals surface area contributed by atoms with E-state index in [9.17, 15) is 4.79 Å². The molecule has 0 unspecified atom stereocenters. The number of imidazole rings is 1. The number of nitrogens with one attached hydrogen (secondary N) is 2. The van der Waals surface area contributed by atoms with Gasteiger partial charge in [0.15, 0.2) is 17.3 Å². The number of H-pyrrole nitrogens is 1. The molecule has 3 aromatic rings. The third kappa shape index (κ3) is 4.41. The van der Waals surface area contributed by atoms with Crippen molar-refractivity contribution in [2.45, 2.75) is 38.3 Å². The number of aromatic amines is 1. The van der Waals surface area contributed by atoms with Crippen molar-refractivity contribution in [3.05, 3.63) is 42.2 Å². The Morgan fingerprint density at radius 3 is 2.61 bits per heavy atom. The number of rotatable bonds is 6. The van der Waals surface area contributed by atoms with Crippen LogP contribution in [0.25, 0.3) is 22.8 Å². The van der Waals surface area contributed by atoms with E-state index in [1.165, 1.54) is 5.56 Å². The molecule has 0 aliphatic carbocycles. The lowest BCUT2D eigenvalue weighted by Crippen LogP contribution is -2.45. The first-order chi connectivity index (χ1) is 16.1. The van der Waals surface area contributed by atoms with Gasteiger partial charge in [0, 0.05) is 38.6 Å². The van der Waals surface area contributed by atoms with Crippen molar-refractivity contribution in [3.8, 4) is 22.8 Å². The molecule has 0 radical (unpaired) electrons. The van der Waals surface area contributed by atoms with E-state index >= 15 is 0 Å². The van der Waals surface area contributed by atoms with Gasteiger partial charge >= 0.3 is 0 Å². The monoisotopic (exact) mass is 446 g/mol. The van der Waals surface area contributed by atoms with Gasteiger partial charge in [-0.15, -0.1) is 0 Å². The normalized spacial score (nSPS) is 17.2. The molecule has 0 atom stereocenters. The fourth-order valence-corrected chi connectivity index (χ4v) is 4.77. The maximum atomic E-state index is 12.1. The number of amides is 1. The Hall–Kier alpha value is -3.46. The van der Waals surface area contributed by atoms with Crippen molar-refractivity contribution in [2.24, 2.45) is 0 Å². The third-order valence-electron chi connectivity index (χ3n) is 6.57. The van der Waals surface area contributed by atoms with Gasteiger partial charge in [0.25, 0.3) is 0 Å². The highest BCUT2D eigenvalue weighted by Crippen LogP contribution is 2.28. The molecule has 1 aromatic carbocycles. The number of hydrogen-bond acceptors (Lipinski definition) is 7. The summed E-state index contributed by atoms with van der Waals surface area (Å²) in [6.07, 6.45) is 7.09. The summed E-state index contributed by atoms with van der Waals surface area (Å²) in [5.41, 5.74) is 9.91. The summed E-state index contributed by atoms with van der Waals surface area (Å²) < 4.78 is 0. The van der Waals surface area contributed by atoms with Crippen LogP contribution < -0.4 is 16.0 Å². The largest absolute Gasteiger partial charge is 0.382 e. The van der Waals surface area contributed by atoms with Gasteiger partial charge in [0.05, 0.1) is 18.1 Å². The molecule has 2 aliphatic rings. The zero-order chi connectivity index (χ0) is 22.8. The minimum absolute atomic E-state index is 0.299. The Bertz CT molecular complexity index is 1120. The lowest BCUT2D eigenvalue weighted by Gasteiger charge is -2.37. The summed E-state index contributed by atoms with van der Waals surface area (Å²) in [7, 11) is 1.94. The van der Waals surface area contributed by atoms with Gasteiger partial charge in [-0.1, -0.05) is 24.3 Å². The van der Waals surface area contributed by atoms with E-state index in [-0.39, 0.29) is 0 Å². The molecule has 1 amide bonds. The number of likely N-dealkylation sites (tertiary alicyclic amines) is 1. The van der Waals surface area contributed by atoms with Crippen LogP contribution >= 0.6 is 0 Å². The van der Waals surface area contributed by atoms with Gasteiger partial charge in [-0.3, -0.25) is 4.79 Å². The molecule has 2 fully saturated rings. The predicted octanol–water partition coefficient (Wildman–Crippen LogP) is 2.43. The minimum atomic E-state index is 0.299. The molecule has 33 heavy (non-hydrogen) atoms. The molecule has 4 N–H and O–H groups in total. The summed E-state index contributed by atoms with van der Waals surface area (Å²) in [6, 6.07) is 8.68. The number of nitrogen functional groups attached to an aromatic ring is 1. The second kappa shape index (κ2) is 9.19. The Kier molecular flexibility index (Phi) is 5.95. The minimum Gasteiger partial charge on any atom is -0.382 e. The number of benzene rings is 1. The number of nitrogens with zero attached hydrogens (tertiary/aromatic N) is 5. The summed E-state index contributed by atoms with van der Waals surface area (Å²) in [6.45, 7) is 3.41. The van der Waals surface area contributed by atoms with E-state index in [1.54, 1.807) is 12.4 Å². The fourth-order valence-electron chi connectivity index (χ4n) is 4.77. The van der Waals surface area contributed by atoms with Crippen LogP contribution in [0.1, 0.15) is 31.2 Å². The number of carbonyl (C=O) groups is 1. The lowest BCUT2D eigenvalue weighted by molar-refractivity contribution is -0.130. The van der Waals surface area contributed by atoms with Crippen LogP contribution in [0.15, 0.2) is 36.7 Å². The Labute approximate surface area is 193 Å². The Morgan fingerprint density at radius 1 is 1.12 bits per heavy atom. The van der Waals surface area contributed by atoms with Crippen molar-refractivity contribution in [1.82, 2.24) is 30.2 Å². The lowest BCUT2D eigenvalue weighted by atomic mass is 10.0. The summed E-state index contributed by atoms with van der Waals surface area (Å²) in [5, 5.41) is 3.16. The Balaban J connectivity index is 1.31. The fraction of sp³-hybridized carbons (Fsp3) is 0.417. The molecule has 9 heteroatoms. The van der Waals surface area contributed by atoms with Gasteiger partial charge in [0.1, 0.15) is 5.82 Å². The standard InChI is InChI=1S/C24H30N8O/c1-26-13-16-4-6-17(7-5-16)19-14-28-24(29-19)22-23(25)27-15-20(30-22)31-11-8-18(9-12-31)32-10-2-3-21(32)33/h4-7,14-15,18,26H,2-3,8-13H2,1H3,(H2,25,27)(H,28,29). The first kappa shape index (κ1) is 21.4. The number of carbonyl (C=O) groups excluding carboxylic acids is 1. The first-order valence-corrected chi connectivity index (χ1v) is 11.6. The van der Waals surface area contributed by atoms with Crippen molar-refractivity contribution in [2.75, 3.05) is 37.3 Å². The smallest absolute Gasteiger partial charge is 0.222 e. The maximum Gasteiger partial charge on any atom is 0.222 e. The number of anilines is 2. The van der Waals surface area contributed by atoms with Gasteiger partial charge < -0.3 is 25.8 Å². The molecule has 172 valence electrons. The molecule has 2 aromatic heterocycles. The molecule has 2 saturated heterocycles. The summed E-state index contributed by atoms with van der Waals surface area (Å²) in [5.74, 6) is 2.04. The highest BCUT2D eigenvalue weighted by Gasteiger charge is 2.31. The van der Waals surface area contributed by atoms with Crippen molar-refractivity contribution in [3.63, 3.8) is 0 Å². The highest BCUT2D eigenvalue weighted by molar-refractivity contribution is 5.78. The van der Waals surface area contributed by atoms with Gasteiger partial charge in [-0.25, -0.2) is 15.0 Å². The van der Waals surface area contributed by atoms with Gasteiger partial charge in [0.2, 0.25) is 5.91 Å². The summed E-state index contributed by atoms with van der Waals surface area (Å²) >= 11 is 0. The molecular formula is C24H30N8O. The zero-order valence-corrected chi connectivity index (χ0v) is 18.9. The van der Waals surface area contributed by atoms with Crippen molar-refractivity contribution < 1.29 is 4.79 Å². The highest BCUT2D eigenvalue weighted by atomic mass is 16.2. The number of nitrogens with two attached hydrogens (primary N) is 1. The van der Waals surface area contributed by atoms with Crippen molar-refractivity contribution >= 4 is 17.5 Å². The molecule has 4 heterocycles. The van der Waals surface area contributed by atoms with E-state index in [2.05, 4.69) is 54.3 Å². The average Bonchev–Trinajstić information content (AvgIpc) is 3.50. The number of piperidine rings is 1. The number of hydrogen-bond donors (Lipinski definition) is 3. The zero-order valence-electron chi connectivity index (χ0n) is 18.9. The molecule has 5 rings (SSSR count). The van der Waals surface area contributed by atoms with Crippen LogP contribution in [0, 0.1) is 0 Å². The molecule has 0 saturated carbocycles. The van der Waals surface area contributed by atoms with Gasteiger partial charge in [-0.2, -0.15) is 0 Å². The number of aromatic nitrogens is 4. The van der Waals surface area contributed by atoms with Gasteiger partial charge in [-0.05, 0) is 37.4 Å². The molecular weight excluding hydrogens is 416 g/mol. The van der Waals surface area contributed by atoms with E-state index in [0.29, 0.717) is 35.7 Å². The van der Waals surface area contributed by atoms with Crippen LogP contribution in [0.2, 0.25) is 0 Å². The third-order valence-corrected chi connectivity index (χ3v) is 6.57. The van der Waals surface area contributed by atoms with Crippen LogP contribution in [0.5, 0.6) is 0 Å². The topological polar surface area (TPSA) is 116 Å². The Morgan fingerprint density at radius 2 is 1.91 bits per heavy atom. The molecule has 9 nitrogen and oxygen atoms in total. The average molecular weight is 447 g/mol. The van der Waals surface area contributed by atoms with Crippen LogP contribution in [0.3, 0.4) is 0 Å². The second-order valence-electron chi connectivity index (χ2n) is 8.74. The molecule has 0 spiro atoms. The van der Waals surface area contributed by atoms with Crippen LogP contribution in [0.4, 0.5) is 11.6 Å². The first-order valence-electron chi connectivity index (χ1n) is 11.6. The van der Waals surface area contributed by atoms with Crippen LogP contribution in [-0.2, 0) is 11.3 Å². The van der Waals surface area contributed by atoms with E-state index < -0.39 is 0 Å². The van der Waals surface area contributed by atoms with Crippen molar-refractivity contribution in [1.29, 1.82) is 0 Å². The quantitative estimate of drug-likeness (QED) is 0.532. The van der Waals surface area contributed by atoms with E-state index in [4.69, 9.17) is 10.7 Å². The predicted molar refractivity (Wildman–Crippen MR) is 128 cm³/mol. The SMILES string of the molecule is CNCc1ccc(-c2cnc(-c3nc(N4CCC(N5CCCC5=O)CC4)cnc3N)[nH]2)cc1.